The standard InChI is InChI=1S/C11H23ClO3/c1-3-11(12)5-4-6-14-9-10-15-8-7-13-2/h11H,3-10H2,1-2H3. The molecular weight excluding hydrogens is 216 g/mol. The maximum atomic E-state index is 5.97. The highest BCUT2D eigenvalue weighted by molar-refractivity contribution is 6.20. The average Bonchev–Trinajstić information content (AvgIpc) is 2.26. The van der Waals surface area contributed by atoms with Crippen LogP contribution in [0.25, 0.3) is 0 Å². The second-order valence-electron chi connectivity index (χ2n) is 3.37. The van der Waals surface area contributed by atoms with Gasteiger partial charge in [-0.3, -0.25) is 0 Å². The van der Waals surface area contributed by atoms with Crippen LogP contribution in [0.2, 0.25) is 0 Å². The minimum atomic E-state index is 0.298. The van der Waals surface area contributed by atoms with Crippen molar-refractivity contribution in [1.29, 1.82) is 0 Å². The average molecular weight is 239 g/mol. The number of hydrogen-bond acceptors (Lipinski definition) is 3. The molecule has 4 heteroatoms. The SMILES string of the molecule is CCC(Cl)CCCOCCOCCOC. The van der Waals surface area contributed by atoms with Gasteiger partial charge in [-0.25, -0.2) is 0 Å². The van der Waals surface area contributed by atoms with Crippen LogP contribution in [0.5, 0.6) is 0 Å². The quantitative estimate of drug-likeness (QED) is 0.409. The van der Waals surface area contributed by atoms with Gasteiger partial charge in [0.15, 0.2) is 0 Å². The minimum absolute atomic E-state index is 0.298. The van der Waals surface area contributed by atoms with E-state index in [0.29, 0.717) is 31.8 Å². The molecule has 0 saturated carbocycles. The van der Waals surface area contributed by atoms with Crippen molar-refractivity contribution in [2.24, 2.45) is 0 Å². The third-order valence-electron chi connectivity index (χ3n) is 2.05. The molecule has 0 heterocycles. The topological polar surface area (TPSA) is 27.7 Å². The zero-order valence-electron chi connectivity index (χ0n) is 9.84. The number of halogens is 1. The predicted molar refractivity (Wildman–Crippen MR) is 62.7 cm³/mol. The normalized spacial score (nSPS) is 13.0. The molecule has 0 aliphatic heterocycles. The van der Waals surface area contributed by atoms with E-state index in [4.69, 9.17) is 25.8 Å². The van der Waals surface area contributed by atoms with E-state index in [-0.39, 0.29) is 0 Å². The molecule has 0 aliphatic carbocycles. The third kappa shape index (κ3) is 12.1. The minimum Gasteiger partial charge on any atom is -0.382 e. The van der Waals surface area contributed by atoms with Crippen LogP contribution < -0.4 is 0 Å². The van der Waals surface area contributed by atoms with E-state index < -0.39 is 0 Å². The van der Waals surface area contributed by atoms with Crippen LogP contribution in [-0.4, -0.2) is 45.5 Å². The summed E-state index contributed by atoms with van der Waals surface area (Å²) < 4.78 is 15.5. The first-order valence-electron chi connectivity index (χ1n) is 5.59. The molecule has 15 heavy (non-hydrogen) atoms. The van der Waals surface area contributed by atoms with Gasteiger partial charge in [-0.1, -0.05) is 6.92 Å². The molecule has 0 aromatic carbocycles. The Morgan fingerprint density at radius 3 is 2.20 bits per heavy atom. The molecule has 3 nitrogen and oxygen atoms in total. The molecule has 0 aliphatic rings. The second kappa shape index (κ2) is 12.2. The monoisotopic (exact) mass is 238 g/mol. The molecule has 0 rings (SSSR count). The van der Waals surface area contributed by atoms with Crippen molar-refractivity contribution in [3.05, 3.63) is 0 Å². The first kappa shape index (κ1) is 15.2. The van der Waals surface area contributed by atoms with Gasteiger partial charge >= 0.3 is 0 Å². The maximum absolute atomic E-state index is 5.97. The fourth-order valence-corrected chi connectivity index (χ4v) is 1.23. The molecular formula is C11H23ClO3. The number of rotatable bonds is 11. The lowest BCUT2D eigenvalue weighted by Gasteiger charge is -2.07. The van der Waals surface area contributed by atoms with Crippen LogP contribution in [0.4, 0.5) is 0 Å². The van der Waals surface area contributed by atoms with E-state index >= 15 is 0 Å². The maximum Gasteiger partial charge on any atom is 0.0701 e. The zero-order valence-corrected chi connectivity index (χ0v) is 10.6. The molecule has 0 N–H and O–H groups in total. The highest BCUT2D eigenvalue weighted by Crippen LogP contribution is 2.08. The zero-order chi connectivity index (χ0) is 11.4. The van der Waals surface area contributed by atoms with Crippen molar-refractivity contribution in [2.75, 3.05) is 40.1 Å². The second-order valence-corrected chi connectivity index (χ2v) is 3.98. The van der Waals surface area contributed by atoms with Crippen molar-refractivity contribution < 1.29 is 14.2 Å². The summed E-state index contributed by atoms with van der Waals surface area (Å²) in [7, 11) is 1.66. The van der Waals surface area contributed by atoms with Crippen LogP contribution in [0, 0.1) is 0 Å². The number of ether oxygens (including phenoxy) is 3. The number of alkyl halides is 1. The summed E-state index contributed by atoms with van der Waals surface area (Å²) in [6, 6.07) is 0. The van der Waals surface area contributed by atoms with Gasteiger partial charge in [-0.05, 0) is 19.3 Å². The van der Waals surface area contributed by atoms with Crippen LogP contribution >= 0.6 is 11.6 Å². The van der Waals surface area contributed by atoms with Gasteiger partial charge in [0.05, 0.1) is 26.4 Å². The Balaban J connectivity index is 2.92. The molecule has 0 spiro atoms. The third-order valence-corrected chi connectivity index (χ3v) is 2.58. The fraction of sp³-hybridized carbons (Fsp3) is 1.00. The van der Waals surface area contributed by atoms with Crippen LogP contribution in [0.3, 0.4) is 0 Å². The smallest absolute Gasteiger partial charge is 0.0701 e. The first-order chi connectivity index (χ1) is 7.31. The van der Waals surface area contributed by atoms with Gasteiger partial charge in [-0.15, -0.1) is 11.6 Å². The van der Waals surface area contributed by atoms with Crippen molar-refractivity contribution in [2.45, 2.75) is 31.6 Å². The molecule has 0 fully saturated rings. The van der Waals surface area contributed by atoms with Gasteiger partial charge < -0.3 is 14.2 Å². The van der Waals surface area contributed by atoms with Crippen molar-refractivity contribution in [3.63, 3.8) is 0 Å². The Morgan fingerprint density at radius 1 is 1.00 bits per heavy atom. The summed E-state index contributed by atoms with van der Waals surface area (Å²) in [5, 5.41) is 0.298. The Morgan fingerprint density at radius 2 is 1.60 bits per heavy atom. The van der Waals surface area contributed by atoms with E-state index in [2.05, 4.69) is 6.92 Å². The largest absolute Gasteiger partial charge is 0.382 e. The molecule has 0 aromatic rings. The lowest BCUT2D eigenvalue weighted by molar-refractivity contribution is 0.0240. The van der Waals surface area contributed by atoms with Gasteiger partial charge in [0.2, 0.25) is 0 Å². The molecule has 0 saturated heterocycles. The van der Waals surface area contributed by atoms with Gasteiger partial charge in [-0.2, -0.15) is 0 Å². The number of hydrogen-bond donors (Lipinski definition) is 0. The van der Waals surface area contributed by atoms with Gasteiger partial charge in [0.1, 0.15) is 0 Å². The Bertz CT molecular complexity index is 122. The molecule has 1 unspecified atom stereocenters. The highest BCUT2D eigenvalue weighted by atomic mass is 35.5. The molecule has 0 radical (unpaired) electrons. The lowest BCUT2D eigenvalue weighted by Crippen LogP contribution is -2.09. The van der Waals surface area contributed by atoms with Crippen molar-refractivity contribution in [3.8, 4) is 0 Å². The first-order valence-corrected chi connectivity index (χ1v) is 6.03. The van der Waals surface area contributed by atoms with Gasteiger partial charge in [0.25, 0.3) is 0 Å². The summed E-state index contributed by atoms with van der Waals surface area (Å²) in [6.45, 7) is 5.45. The Kier molecular flexibility index (Phi) is 12.4. The Labute approximate surface area is 98.0 Å². The van der Waals surface area contributed by atoms with E-state index in [1.54, 1.807) is 7.11 Å². The summed E-state index contributed by atoms with van der Waals surface area (Å²) in [6.07, 6.45) is 3.09. The fourth-order valence-electron chi connectivity index (χ4n) is 1.08. The summed E-state index contributed by atoms with van der Waals surface area (Å²) >= 11 is 5.97. The Hall–Kier alpha value is 0.170. The van der Waals surface area contributed by atoms with E-state index in [0.717, 1.165) is 25.9 Å². The van der Waals surface area contributed by atoms with Crippen LogP contribution in [0.1, 0.15) is 26.2 Å². The molecule has 0 amide bonds. The lowest BCUT2D eigenvalue weighted by atomic mass is 10.2. The molecule has 0 aromatic heterocycles. The molecule has 0 bridgehead atoms. The van der Waals surface area contributed by atoms with Crippen molar-refractivity contribution >= 4 is 11.6 Å². The van der Waals surface area contributed by atoms with Crippen LogP contribution in [0.15, 0.2) is 0 Å². The summed E-state index contributed by atoms with van der Waals surface area (Å²) in [5.41, 5.74) is 0. The van der Waals surface area contributed by atoms with Gasteiger partial charge in [0, 0.05) is 19.1 Å². The van der Waals surface area contributed by atoms with E-state index in [9.17, 15) is 0 Å². The van der Waals surface area contributed by atoms with Crippen LogP contribution in [-0.2, 0) is 14.2 Å². The number of methoxy groups -OCH3 is 1. The summed E-state index contributed by atoms with van der Waals surface area (Å²) in [4.78, 5) is 0. The predicted octanol–water partition coefficient (Wildman–Crippen LogP) is 2.46. The highest BCUT2D eigenvalue weighted by Gasteiger charge is 1.99. The molecule has 1 atom stereocenters. The summed E-state index contributed by atoms with van der Waals surface area (Å²) in [5.74, 6) is 0. The molecule has 92 valence electrons. The van der Waals surface area contributed by atoms with E-state index in [1.165, 1.54) is 0 Å². The van der Waals surface area contributed by atoms with E-state index in [1.807, 2.05) is 0 Å². The van der Waals surface area contributed by atoms with Crippen molar-refractivity contribution in [1.82, 2.24) is 0 Å².